The number of hydrogen-bond acceptors (Lipinski definition) is 2. The van der Waals surface area contributed by atoms with Crippen LogP contribution in [-0.2, 0) is 0 Å². The molecule has 0 aliphatic carbocycles. The first kappa shape index (κ1) is 12.5. The third kappa shape index (κ3) is 3.50. The fraction of sp³-hybridized carbons (Fsp3) is 0.800. The summed E-state index contributed by atoms with van der Waals surface area (Å²) in [5.74, 6) is 0. The standard InChI is InChI=1S/C10H17F3N2/c1-8-3-6-15(7-4-8)9(2-5-14)10(11,12)13/h3,9H,2,4-7,14H2,1H3. The molecule has 0 aromatic carbocycles. The van der Waals surface area contributed by atoms with E-state index in [0.717, 1.165) is 6.42 Å². The maximum atomic E-state index is 12.7. The van der Waals surface area contributed by atoms with Gasteiger partial charge in [-0.25, -0.2) is 0 Å². The molecule has 1 aliphatic heterocycles. The maximum absolute atomic E-state index is 12.7. The normalized spacial score (nSPS) is 21.3. The Morgan fingerprint density at radius 1 is 1.53 bits per heavy atom. The molecule has 0 saturated heterocycles. The van der Waals surface area contributed by atoms with Crippen molar-refractivity contribution in [2.24, 2.45) is 5.73 Å². The van der Waals surface area contributed by atoms with E-state index in [-0.39, 0.29) is 13.0 Å². The van der Waals surface area contributed by atoms with Gasteiger partial charge in [0.2, 0.25) is 0 Å². The number of nitrogens with two attached hydrogens (primary N) is 1. The van der Waals surface area contributed by atoms with Gasteiger partial charge < -0.3 is 5.73 Å². The Labute approximate surface area is 87.9 Å². The Morgan fingerprint density at radius 3 is 2.60 bits per heavy atom. The largest absolute Gasteiger partial charge is 0.404 e. The van der Waals surface area contributed by atoms with Crippen LogP contribution in [-0.4, -0.2) is 36.8 Å². The third-order valence-electron chi connectivity index (χ3n) is 2.73. The number of alkyl halides is 3. The van der Waals surface area contributed by atoms with Crippen molar-refractivity contribution >= 4 is 0 Å². The average Bonchev–Trinajstić information content (AvgIpc) is 2.14. The van der Waals surface area contributed by atoms with E-state index < -0.39 is 12.2 Å². The van der Waals surface area contributed by atoms with Gasteiger partial charge in [0.1, 0.15) is 6.04 Å². The molecular weight excluding hydrogens is 205 g/mol. The van der Waals surface area contributed by atoms with Crippen LogP contribution in [0.2, 0.25) is 0 Å². The molecule has 0 spiro atoms. The lowest BCUT2D eigenvalue weighted by atomic mass is 10.1. The lowest BCUT2D eigenvalue weighted by Crippen LogP contribution is -2.48. The van der Waals surface area contributed by atoms with Crippen LogP contribution in [0.3, 0.4) is 0 Å². The predicted octanol–water partition coefficient (Wildman–Crippen LogP) is 1.92. The third-order valence-corrected chi connectivity index (χ3v) is 2.73. The second-order valence-electron chi connectivity index (χ2n) is 3.93. The predicted molar refractivity (Wildman–Crippen MR) is 53.5 cm³/mol. The summed E-state index contributed by atoms with van der Waals surface area (Å²) in [6.07, 6.45) is -1.61. The van der Waals surface area contributed by atoms with E-state index in [0.29, 0.717) is 13.1 Å². The molecule has 1 heterocycles. The maximum Gasteiger partial charge on any atom is 0.404 e. The van der Waals surface area contributed by atoms with Gasteiger partial charge in [-0.05, 0) is 26.3 Å². The molecule has 1 unspecified atom stereocenters. The quantitative estimate of drug-likeness (QED) is 0.739. The molecule has 1 rings (SSSR count). The Kier molecular flexibility index (Phi) is 4.16. The summed E-state index contributed by atoms with van der Waals surface area (Å²) >= 11 is 0. The van der Waals surface area contributed by atoms with E-state index in [1.54, 1.807) is 0 Å². The van der Waals surface area contributed by atoms with Crippen LogP contribution >= 0.6 is 0 Å². The average molecular weight is 222 g/mol. The molecule has 0 radical (unpaired) electrons. The van der Waals surface area contributed by atoms with Gasteiger partial charge in [-0.2, -0.15) is 13.2 Å². The summed E-state index contributed by atoms with van der Waals surface area (Å²) in [5, 5.41) is 0. The van der Waals surface area contributed by atoms with E-state index in [9.17, 15) is 13.2 Å². The first-order valence-corrected chi connectivity index (χ1v) is 5.11. The van der Waals surface area contributed by atoms with Crippen molar-refractivity contribution in [3.63, 3.8) is 0 Å². The fourth-order valence-electron chi connectivity index (χ4n) is 1.78. The molecule has 0 aromatic rings. The molecule has 5 heteroatoms. The van der Waals surface area contributed by atoms with Gasteiger partial charge in [0, 0.05) is 13.1 Å². The van der Waals surface area contributed by atoms with Crippen molar-refractivity contribution in [3.05, 3.63) is 11.6 Å². The molecule has 2 N–H and O–H groups in total. The zero-order chi connectivity index (χ0) is 11.5. The van der Waals surface area contributed by atoms with Crippen molar-refractivity contribution < 1.29 is 13.2 Å². The van der Waals surface area contributed by atoms with Crippen molar-refractivity contribution in [1.82, 2.24) is 4.90 Å². The SMILES string of the molecule is CC1=CCN(C(CCN)C(F)(F)F)CC1. The number of nitrogens with zero attached hydrogens (tertiary/aromatic N) is 1. The lowest BCUT2D eigenvalue weighted by molar-refractivity contribution is -0.184. The summed E-state index contributed by atoms with van der Waals surface area (Å²) < 4.78 is 38.0. The molecule has 2 nitrogen and oxygen atoms in total. The van der Waals surface area contributed by atoms with E-state index in [4.69, 9.17) is 5.73 Å². The Morgan fingerprint density at radius 2 is 2.20 bits per heavy atom. The minimum atomic E-state index is -4.17. The van der Waals surface area contributed by atoms with Crippen LogP contribution in [0.25, 0.3) is 0 Å². The topological polar surface area (TPSA) is 29.3 Å². The molecule has 0 bridgehead atoms. The van der Waals surface area contributed by atoms with Crippen LogP contribution in [0.15, 0.2) is 11.6 Å². The number of hydrogen-bond donors (Lipinski definition) is 1. The summed E-state index contributed by atoms with van der Waals surface area (Å²) in [7, 11) is 0. The van der Waals surface area contributed by atoms with Crippen molar-refractivity contribution in [2.45, 2.75) is 32.0 Å². The minimum Gasteiger partial charge on any atom is -0.330 e. The van der Waals surface area contributed by atoms with Gasteiger partial charge in [-0.3, -0.25) is 4.90 Å². The summed E-state index contributed by atoms with van der Waals surface area (Å²) in [6.45, 7) is 2.88. The molecule has 0 aromatic heterocycles. The molecule has 0 amide bonds. The molecule has 88 valence electrons. The smallest absolute Gasteiger partial charge is 0.330 e. The van der Waals surface area contributed by atoms with Crippen molar-refractivity contribution in [1.29, 1.82) is 0 Å². The van der Waals surface area contributed by atoms with Gasteiger partial charge in [0.15, 0.2) is 0 Å². The summed E-state index contributed by atoms with van der Waals surface area (Å²) in [6, 6.07) is -1.38. The monoisotopic (exact) mass is 222 g/mol. The molecule has 1 aliphatic rings. The van der Waals surface area contributed by atoms with Gasteiger partial charge in [-0.15, -0.1) is 0 Å². The molecule has 0 saturated carbocycles. The highest BCUT2D eigenvalue weighted by atomic mass is 19.4. The molecular formula is C10H17F3N2. The molecule has 15 heavy (non-hydrogen) atoms. The van der Waals surface area contributed by atoms with Crippen molar-refractivity contribution in [3.8, 4) is 0 Å². The lowest BCUT2D eigenvalue weighted by Gasteiger charge is -2.34. The summed E-state index contributed by atoms with van der Waals surface area (Å²) in [4.78, 5) is 1.46. The zero-order valence-electron chi connectivity index (χ0n) is 8.85. The van der Waals surface area contributed by atoms with Gasteiger partial charge in [-0.1, -0.05) is 11.6 Å². The van der Waals surface area contributed by atoms with Gasteiger partial charge in [0.05, 0.1) is 0 Å². The van der Waals surface area contributed by atoms with Crippen LogP contribution < -0.4 is 5.73 Å². The van der Waals surface area contributed by atoms with Crippen LogP contribution in [0.5, 0.6) is 0 Å². The number of halogens is 3. The van der Waals surface area contributed by atoms with Crippen molar-refractivity contribution in [2.75, 3.05) is 19.6 Å². The van der Waals surface area contributed by atoms with Gasteiger partial charge >= 0.3 is 6.18 Å². The highest BCUT2D eigenvalue weighted by molar-refractivity contribution is 5.05. The van der Waals surface area contributed by atoms with Gasteiger partial charge in [0.25, 0.3) is 0 Å². The van der Waals surface area contributed by atoms with Crippen LogP contribution in [0, 0.1) is 0 Å². The van der Waals surface area contributed by atoms with E-state index in [2.05, 4.69) is 0 Å². The summed E-state index contributed by atoms with van der Waals surface area (Å²) in [5.41, 5.74) is 6.38. The zero-order valence-corrected chi connectivity index (χ0v) is 8.85. The van der Waals surface area contributed by atoms with Crippen LogP contribution in [0.1, 0.15) is 19.8 Å². The van der Waals surface area contributed by atoms with E-state index in [1.807, 2.05) is 13.0 Å². The fourth-order valence-corrected chi connectivity index (χ4v) is 1.78. The highest BCUT2D eigenvalue weighted by Crippen LogP contribution is 2.28. The first-order chi connectivity index (χ1) is 6.95. The number of rotatable bonds is 3. The second-order valence-corrected chi connectivity index (χ2v) is 3.93. The first-order valence-electron chi connectivity index (χ1n) is 5.11. The minimum absolute atomic E-state index is 0.0175. The van der Waals surface area contributed by atoms with E-state index >= 15 is 0 Å². The molecule has 1 atom stereocenters. The Bertz CT molecular complexity index is 235. The Balaban J connectivity index is 2.65. The molecule has 0 fully saturated rings. The van der Waals surface area contributed by atoms with Crippen LogP contribution in [0.4, 0.5) is 13.2 Å². The highest BCUT2D eigenvalue weighted by Gasteiger charge is 2.42. The Hall–Kier alpha value is -0.550. The second kappa shape index (κ2) is 4.99. The van der Waals surface area contributed by atoms with E-state index in [1.165, 1.54) is 10.5 Å².